The third kappa shape index (κ3) is 4.39. The third-order valence-electron chi connectivity index (χ3n) is 6.07. The molecule has 0 atom stereocenters. The van der Waals surface area contributed by atoms with Gasteiger partial charge in [-0.05, 0) is 30.3 Å². The smallest absolute Gasteiger partial charge is 0.291 e. The number of nitrogens with zero attached hydrogens (tertiary/aromatic N) is 5. The highest BCUT2D eigenvalue weighted by atomic mass is 35.5. The summed E-state index contributed by atoms with van der Waals surface area (Å²) in [5.74, 6) is -0.445. The molecule has 1 aromatic carbocycles. The molecule has 1 saturated heterocycles. The van der Waals surface area contributed by atoms with E-state index in [1.54, 1.807) is 42.5 Å². The van der Waals surface area contributed by atoms with Gasteiger partial charge in [0, 0.05) is 66.6 Å². The lowest BCUT2D eigenvalue weighted by atomic mass is 10.2. The van der Waals surface area contributed by atoms with Gasteiger partial charge in [0.15, 0.2) is 0 Å². The zero-order chi connectivity index (χ0) is 25.4. The molecule has 4 aromatic rings. The maximum Gasteiger partial charge on any atom is 0.291 e. The highest BCUT2D eigenvalue weighted by Crippen LogP contribution is 2.25. The number of aromatic nitrogens is 4. The minimum absolute atomic E-state index is 0.0324. The Kier molecular flexibility index (Phi) is 6.35. The van der Waals surface area contributed by atoms with Gasteiger partial charge in [0.05, 0.1) is 12.1 Å². The second kappa shape index (κ2) is 9.47. The molecule has 0 saturated carbocycles. The number of aromatic amines is 1. The summed E-state index contributed by atoms with van der Waals surface area (Å²) in [6.45, 7) is 0.725. The lowest BCUT2D eigenvalue weighted by Crippen LogP contribution is -2.50. The molecule has 0 aliphatic carbocycles. The van der Waals surface area contributed by atoms with Crippen LogP contribution in [0.5, 0.6) is 0 Å². The first kappa shape index (κ1) is 24.1. The van der Waals surface area contributed by atoms with Gasteiger partial charge in [0.25, 0.3) is 15.9 Å². The standard InChI is InChI=1S/C23H22ClN7O4S/c24-17-4-5-19-15(10-17)11-21(28-19)36(34,35)30-8-6-29(7-9-30)23(32)22-26-13-16(14-27-22)20-3-1-2-18(12-25)31(20)33/h1-5,10-11,13-14,28H,6-9,12,25H2. The first-order valence-corrected chi connectivity index (χ1v) is 12.9. The van der Waals surface area contributed by atoms with E-state index >= 15 is 0 Å². The van der Waals surface area contributed by atoms with Crippen molar-refractivity contribution in [2.24, 2.45) is 5.73 Å². The van der Waals surface area contributed by atoms with E-state index in [1.807, 2.05) is 0 Å². The van der Waals surface area contributed by atoms with Crippen LogP contribution >= 0.6 is 11.6 Å². The number of sulfonamides is 1. The van der Waals surface area contributed by atoms with Crippen molar-refractivity contribution in [3.05, 3.63) is 76.6 Å². The van der Waals surface area contributed by atoms with Crippen LogP contribution in [0.3, 0.4) is 0 Å². The second-order valence-corrected chi connectivity index (χ2v) is 10.6. The number of halogens is 1. The number of H-pyrrole nitrogens is 1. The molecule has 5 rings (SSSR count). The number of rotatable bonds is 5. The van der Waals surface area contributed by atoms with Crippen LogP contribution in [0.15, 0.2) is 59.9 Å². The van der Waals surface area contributed by atoms with E-state index in [0.717, 1.165) is 0 Å². The number of nitrogens with two attached hydrogens (primary N) is 1. The Balaban J connectivity index is 1.27. The number of fused-ring (bicyclic) bond motifs is 1. The summed E-state index contributed by atoms with van der Waals surface area (Å²) < 4.78 is 28.3. The number of hydrogen-bond acceptors (Lipinski definition) is 7. The summed E-state index contributed by atoms with van der Waals surface area (Å²) in [7, 11) is -3.77. The molecule has 3 N–H and O–H groups in total. The summed E-state index contributed by atoms with van der Waals surface area (Å²) in [4.78, 5) is 25.6. The molecule has 4 heterocycles. The fourth-order valence-electron chi connectivity index (χ4n) is 4.10. The normalized spacial score (nSPS) is 14.9. The summed E-state index contributed by atoms with van der Waals surface area (Å²) in [6, 6.07) is 11.6. The van der Waals surface area contributed by atoms with Crippen molar-refractivity contribution in [3.8, 4) is 11.3 Å². The van der Waals surface area contributed by atoms with Crippen molar-refractivity contribution in [3.63, 3.8) is 0 Å². The van der Waals surface area contributed by atoms with Crippen LogP contribution in [0.2, 0.25) is 5.02 Å². The predicted molar refractivity (Wildman–Crippen MR) is 132 cm³/mol. The first-order chi connectivity index (χ1) is 17.3. The van der Waals surface area contributed by atoms with Gasteiger partial charge in [-0.1, -0.05) is 11.6 Å². The number of carbonyl (C=O) groups excluding carboxylic acids is 1. The first-order valence-electron chi connectivity index (χ1n) is 11.1. The second-order valence-electron chi connectivity index (χ2n) is 8.26. The number of hydrogen-bond donors (Lipinski definition) is 2. The van der Waals surface area contributed by atoms with Crippen LogP contribution < -0.4 is 10.5 Å². The van der Waals surface area contributed by atoms with E-state index < -0.39 is 15.9 Å². The van der Waals surface area contributed by atoms with Crippen molar-refractivity contribution in [2.75, 3.05) is 26.2 Å². The molecule has 0 bridgehead atoms. The number of amides is 1. The summed E-state index contributed by atoms with van der Waals surface area (Å²) in [5, 5.41) is 13.7. The highest BCUT2D eigenvalue weighted by Gasteiger charge is 2.32. The number of nitrogens with one attached hydrogen (secondary N) is 1. The van der Waals surface area contributed by atoms with Crippen molar-refractivity contribution >= 4 is 38.4 Å². The highest BCUT2D eigenvalue weighted by molar-refractivity contribution is 7.89. The Morgan fingerprint density at radius 1 is 1.11 bits per heavy atom. The molecule has 186 valence electrons. The minimum Gasteiger partial charge on any atom is -0.618 e. The van der Waals surface area contributed by atoms with E-state index in [4.69, 9.17) is 17.3 Å². The average Bonchev–Trinajstić information content (AvgIpc) is 3.33. The molecular weight excluding hydrogens is 506 g/mol. The molecule has 3 aromatic heterocycles. The van der Waals surface area contributed by atoms with Crippen LogP contribution in [-0.4, -0.2) is 64.7 Å². The lowest BCUT2D eigenvalue weighted by molar-refractivity contribution is -0.602. The molecule has 1 fully saturated rings. The quantitative estimate of drug-likeness (QED) is 0.295. The van der Waals surface area contributed by atoms with Crippen LogP contribution in [0, 0.1) is 5.21 Å². The fraction of sp³-hybridized carbons (Fsp3) is 0.217. The van der Waals surface area contributed by atoms with Gasteiger partial charge in [-0.2, -0.15) is 9.04 Å². The minimum atomic E-state index is -3.77. The summed E-state index contributed by atoms with van der Waals surface area (Å²) in [6.07, 6.45) is 2.82. The van der Waals surface area contributed by atoms with Gasteiger partial charge in [-0.3, -0.25) is 4.79 Å². The number of pyridine rings is 1. The molecule has 0 radical (unpaired) electrons. The average molecular weight is 528 g/mol. The molecule has 11 nitrogen and oxygen atoms in total. The Morgan fingerprint density at radius 2 is 1.83 bits per heavy atom. The third-order valence-corrected chi connectivity index (χ3v) is 8.13. The molecule has 1 aliphatic heterocycles. The van der Waals surface area contributed by atoms with Gasteiger partial charge >= 0.3 is 0 Å². The SMILES string of the molecule is NCc1cccc(-c2cnc(C(=O)N3CCN(S(=O)(=O)c4cc5cc(Cl)ccc5[nH]4)CC3)nc2)[n+]1[O-]. The lowest BCUT2D eigenvalue weighted by Gasteiger charge is -2.33. The summed E-state index contributed by atoms with van der Waals surface area (Å²) >= 11 is 6.01. The van der Waals surface area contributed by atoms with Gasteiger partial charge in [-0.15, -0.1) is 0 Å². The Labute approximate surface area is 211 Å². The molecule has 1 amide bonds. The van der Waals surface area contributed by atoms with E-state index in [1.165, 1.54) is 21.6 Å². The van der Waals surface area contributed by atoms with Crippen LogP contribution in [0.1, 0.15) is 16.3 Å². The molecule has 36 heavy (non-hydrogen) atoms. The Morgan fingerprint density at radius 3 is 2.53 bits per heavy atom. The summed E-state index contributed by atoms with van der Waals surface area (Å²) in [5.41, 5.74) is 7.44. The van der Waals surface area contributed by atoms with E-state index in [9.17, 15) is 18.4 Å². The zero-order valence-corrected chi connectivity index (χ0v) is 20.5. The van der Waals surface area contributed by atoms with E-state index in [0.29, 0.717) is 37.6 Å². The van der Waals surface area contributed by atoms with Crippen molar-refractivity contribution < 1.29 is 17.9 Å². The largest absolute Gasteiger partial charge is 0.618 e. The number of carbonyl (C=O) groups is 1. The van der Waals surface area contributed by atoms with Gasteiger partial charge in [-0.25, -0.2) is 18.4 Å². The van der Waals surface area contributed by atoms with Crippen molar-refractivity contribution in [1.82, 2.24) is 24.2 Å². The van der Waals surface area contributed by atoms with Gasteiger partial charge in [0.2, 0.25) is 17.2 Å². The van der Waals surface area contributed by atoms with E-state index in [2.05, 4.69) is 15.0 Å². The molecule has 1 aliphatic rings. The van der Waals surface area contributed by atoms with Crippen LogP contribution in [0.4, 0.5) is 0 Å². The zero-order valence-electron chi connectivity index (χ0n) is 19.0. The Bertz CT molecular complexity index is 1550. The van der Waals surface area contributed by atoms with Crippen molar-refractivity contribution in [1.29, 1.82) is 0 Å². The molecular formula is C23H22ClN7O4S. The predicted octanol–water partition coefficient (Wildman–Crippen LogP) is 1.52. The number of benzene rings is 1. The monoisotopic (exact) mass is 527 g/mol. The molecule has 0 unspecified atom stereocenters. The van der Waals surface area contributed by atoms with E-state index in [-0.39, 0.29) is 43.6 Å². The van der Waals surface area contributed by atoms with Crippen LogP contribution in [0.25, 0.3) is 22.2 Å². The Hall–Kier alpha value is -3.58. The topological polar surface area (TPSA) is 152 Å². The molecule has 13 heteroatoms. The van der Waals surface area contributed by atoms with Gasteiger partial charge < -0.3 is 20.8 Å². The maximum atomic E-state index is 13.1. The molecule has 0 spiro atoms. The van der Waals surface area contributed by atoms with Gasteiger partial charge in [0.1, 0.15) is 5.03 Å². The number of piperazine rings is 1. The van der Waals surface area contributed by atoms with Crippen LogP contribution in [-0.2, 0) is 16.6 Å². The van der Waals surface area contributed by atoms with Crippen molar-refractivity contribution in [2.45, 2.75) is 11.6 Å². The fourth-order valence-corrected chi connectivity index (χ4v) is 5.72. The maximum absolute atomic E-state index is 13.1.